The number of carbonyl (C=O) groups is 1. The Balaban J connectivity index is 2.28. The van der Waals surface area contributed by atoms with Crippen molar-refractivity contribution < 1.29 is 9.18 Å². The Morgan fingerprint density at radius 3 is 2.43 bits per heavy atom. The number of hydrogen-bond acceptors (Lipinski definition) is 3. The van der Waals surface area contributed by atoms with Gasteiger partial charge in [-0.05, 0) is 54.6 Å². The minimum Gasteiger partial charge on any atom is -0.370 e. The zero-order valence-electron chi connectivity index (χ0n) is 11.9. The van der Waals surface area contributed by atoms with Crippen molar-refractivity contribution in [3.8, 4) is 0 Å². The summed E-state index contributed by atoms with van der Waals surface area (Å²) < 4.78 is 13.4. The van der Waals surface area contributed by atoms with Gasteiger partial charge in [0.1, 0.15) is 11.9 Å². The van der Waals surface area contributed by atoms with Crippen molar-refractivity contribution in [3.63, 3.8) is 0 Å². The van der Waals surface area contributed by atoms with Crippen LogP contribution in [0.5, 0.6) is 0 Å². The van der Waals surface area contributed by atoms with Crippen LogP contribution in [0.15, 0.2) is 47.4 Å². The fourth-order valence-electron chi connectivity index (χ4n) is 2.10. The van der Waals surface area contributed by atoms with Gasteiger partial charge < -0.3 is 11.1 Å². The Kier molecular flexibility index (Phi) is 4.85. The number of nitrogens with two attached hydrogens (primary N) is 1. The first-order valence-corrected chi connectivity index (χ1v) is 7.69. The van der Waals surface area contributed by atoms with Gasteiger partial charge in [-0.1, -0.05) is 12.1 Å². The minimum absolute atomic E-state index is 0.349. The van der Waals surface area contributed by atoms with Crippen LogP contribution >= 0.6 is 11.8 Å². The van der Waals surface area contributed by atoms with Crippen LogP contribution in [0.2, 0.25) is 0 Å². The van der Waals surface area contributed by atoms with Gasteiger partial charge in [0.05, 0.1) is 0 Å². The van der Waals surface area contributed by atoms with Gasteiger partial charge in [-0.25, -0.2) is 4.39 Å². The zero-order valence-corrected chi connectivity index (χ0v) is 12.7. The number of benzene rings is 2. The van der Waals surface area contributed by atoms with Crippen molar-refractivity contribution in [2.45, 2.75) is 17.9 Å². The molecule has 0 spiro atoms. The molecular formula is C16H17FN2OS. The molecule has 0 radical (unpaired) electrons. The van der Waals surface area contributed by atoms with Crippen LogP contribution in [0.25, 0.3) is 0 Å². The van der Waals surface area contributed by atoms with E-state index in [1.54, 1.807) is 24.8 Å². The van der Waals surface area contributed by atoms with E-state index in [9.17, 15) is 9.18 Å². The molecule has 1 unspecified atom stereocenters. The van der Waals surface area contributed by atoms with E-state index in [-0.39, 0.29) is 5.82 Å². The molecule has 0 heterocycles. The maximum atomic E-state index is 13.4. The summed E-state index contributed by atoms with van der Waals surface area (Å²) >= 11 is 1.62. The molecule has 1 amide bonds. The van der Waals surface area contributed by atoms with Crippen LogP contribution in [-0.4, -0.2) is 12.2 Å². The number of anilines is 1. The van der Waals surface area contributed by atoms with Gasteiger partial charge in [-0.15, -0.1) is 11.8 Å². The van der Waals surface area contributed by atoms with E-state index in [0.29, 0.717) is 5.69 Å². The van der Waals surface area contributed by atoms with E-state index >= 15 is 0 Å². The maximum Gasteiger partial charge on any atom is 0.244 e. The number of aryl methyl sites for hydroxylation is 1. The van der Waals surface area contributed by atoms with Crippen LogP contribution in [0.4, 0.5) is 10.1 Å². The lowest BCUT2D eigenvalue weighted by Gasteiger charge is -2.18. The highest BCUT2D eigenvalue weighted by atomic mass is 32.2. The van der Waals surface area contributed by atoms with Gasteiger partial charge in [-0.3, -0.25) is 4.79 Å². The summed E-state index contributed by atoms with van der Waals surface area (Å²) in [6, 6.07) is 11.4. The Hall–Kier alpha value is -2.01. The Morgan fingerprint density at radius 1 is 1.24 bits per heavy atom. The molecule has 2 aromatic rings. The third kappa shape index (κ3) is 3.98. The van der Waals surface area contributed by atoms with Gasteiger partial charge >= 0.3 is 0 Å². The largest absolute Gasteiger partial charge is 0.370 e. The van der Waals surface area contributed by atoms with Crippen molar-refractivity contribution in [2.75, 3.05) is 11.6 Å². The van der Waals surface area contributed by atoms with E-state index in [2.05, 4.69) is 5.32 Å². The van der Waals surface area contributed by atoms with Gasteiger partial charge in [0.25, 0.3) is 0 Å². The SMILES string of the molecule is CSc1ccc(C(Nc2cc(C)cc(F)c2)C(N)=O)cc1. The number of halogens is 1. The first kappa shape index (κ1) is 15.4. The summed E-state index contributed by atoms with van der Waals surface area (Å²) in [6.45, 7) is 1.79. The number of carbonyl (C=O) groups excluding carboxylic acids is 1. The highest BCUT2D eigenvalue weighted by Crippen LogP contribution is 2.23. The van der Waals surface area contributed by atoms with Crippen LogP contribution in [0.3, 0.4) is 0 Å². The molecule has 0 saturated heterocycles. The van der Waals surface area contributed by atoms with Crippen molar-refractivity contribution in [3.05, 3.63) is 59.4 Å². The highest BCUT2D eigenvalue weighted by molar-refractivity contribution is 7.98. The fourth-order valence-corrected chi connectivity index (χ4v) is 2.51. The molecule has 0 saturated carbocycles. The molecule has 21 heavy (non-hydrogen) atoms. The van der Waals surface area contributed by atoms with E-state index in [1.807, 2.05) is 30.5 Å². The van der Waals surface area contributed by atoms with E-state index in [1.165, 1.54) is 12.1 Å². The Labute approximate surface area is 127 Å². The molecule has 0 aliphatic carbocycles. The number of nitrogens with one attached hydrogen (secondary N) is 1. The second-order valence-electron chi connectivity index (χ2n) is 4.77. The van der Waals surface area contributed by atoms with Crippen molar-refractivity contribution in [1.82, 2.24) is 0 Å². The molecule has 0 aliphatic rings. The quantitative estimate of drug-likeness (QED) is 0.831. The van der Waals surface area contributed by atoms with Crippen LogP contribution < -0.4 is 11.1 Å². The Bertz CT molecular complexity index is 623. The monoisotopic (exact) mass is 304 g/mol. The summed E-state index contributed by atoms with van der Waals surface area (Å²) in [5, 5.41) is 2.99. The van der Waals surface area contributed by atoms with E-state index in [4.69, 9.17) is 5.73 Å². The summed E-state index contributed by atoms with van der Waals surface area (Å²) in [6.07, 6.45) is 1.98. The second-order valence-corrected chi connectivity index (χ2v) is 5.65. The van der Waals surface area contributed by atoms with Gasteiger partial charge in [0.15, 0.2) is 0 Å². The first-order chi connectivity index (χ1) is 9.99. The van der Waals surface area contributed by atoms with Gasteiger partial charge in [0.2, 0.25) is 5.91 Å². The molecule has 2 rings (SSSR count). The van der Waals surface area contributed by atoms with Crippen LogP contribution in [0, 0.1) is 12.7 Å². The summed E-state index contributed by atoms with van der Waals surface area (Å²) in [7, 11) is 0. The molecule has 0 bridgehead atoms. The van der Waals surface area contributed by atoms with Gasteiger partial charge in [-0.2, -0.15) is 0 Å². The zero-order chi connectivity index (χ0) is 15.4. The Morgan fingerprint density at radius 2 is 1.90 bits per heavy atom. The molecule has 0 fully saturated rings. The normalized spacial score (nSPS) is 12.0. The molecule has 3 N–H and O–H groups in total. The van der Waals surface area contributed by atoms with Crippen molar-refractivity contribution in [1.29, 1.82) is 0 Å². The third-order valence-corrected chi connectivity index (χ3v) is 3.83. The number of hydrogen-bond donors (Lipinski definition) is 2. The van der Waals surface area contributed by atoms with Gasteiger partial charge in [0, 0.05) is 10.6 Å². The topological polar surface area (TPSA) is 55.1 Å². The lowest BCUT2D eigenvalue weighted by Crippen LogP contribution is -2.27. The molecule has 2 aromatic carbocycles. The smallest absolute Gasteiger partial charge is 0.244 e. The summed E-state index contributed by atoms with van der Waals surface area (Å²) in [5.74, 6) is -0.854. The summed E-state index contributed by atoms with van der Waals surface area (Å²) in [4.78, 5) is 12.8. The molecule has 0 aliphatic heterocycles. The molecule has 0 aromatic heterocycles. The van der Waals surface area contributed by atoms with E-state index < -0.39 is 11.9 Å². The molecule has 3 nitrogen and oxygen atoms in total. The summed E-state index contributed by atoms with van der Waals surface area (Å²) in [5.41, 5.74) is 7.52. The van der Waals surface area contributed by atoms with Crippen LogP contribution in [-0.2, 0) is 4.79 Å². The standard InChI is InChI=1S/C16H17FN2OS/c1-10-7-12(17)9-13(8-10)19-15(16(18)20)11-3-5-14(21-2)6-4-11/h3-9,15,19H,1-2H3,(H2,18,20). The van der Waals surface area contributed by atoms with Crippen molar-refractivity contribution in [2.24, 2.45) is 5.73 Å². The molecule has 1 atom stereocenters. The highest BCUT2D eigenvalue weighted by Gasteiger charge is 2.18. The number of rotatable bonds is 5. The molecule has 110 valence electrons. The number of thioether (sulfide) groups is 1. The predicted octanol–water partition coefficient (Wildman–Crippen LogP) is 3.49. The fraction of sp³-hybridized carbons (Fsp3) is 0.188. The maximum absolute atomic E-state index is 13.4. The lowest BCUT2D eigenvalue weighted by molar-refractivity contribution is -0.118. The average Bonchev–Trinajstić information content (AvgIpc) is 2.43. The van der Waals surface area contributed by atoms with E-state index in [0.717, 1.165) is 16.0 Å². The number of amides is 1. The lowest BCUT2D eigenvalue weighted by atomic mass is 10.1. The molecular weight excluding hydrogens is 287 g/mol. The van der Waals surface area contributed by atoms with Crippen molar-refractivity contribution >= 4 is 23.4 Å². The first-order valence-electron chi connectivity index (χ1n) is 6.46. The average molecular weight is 304 g/mol. The second kappa shape index (κ2) is 6.63. The third-order valence-electron chi connectivity index (χ3n) is 3.09. The molecule has 5 heteroatoms. The predicted molar refractivity (Wildman–Crippen MR) is 84.9 cm³/mol. The number of primary amides is 1. The van der Waals surface area contributed by atoms with Crippen LogP contribution in [0.1, 0.15) is 17.2 Å². The minimum atomic E-state index is -0.692.